The molecule has 3 N–H and O–H groups in total. The molecule has 0 aliphatic rings. The molecule has 5 heteroatoms. The molecule has 1 unspecified atom stereocenters. The second-order valence-corrected chi connectivity index (χ2v) is 3.99. The molecular formula is C11H12ClN3O. The second kappa shape index (κ2) is 4.15. The van der Waals surface area contributed by atoms with Crippen molar-refractivity contribution in [2.45, 2.75) is 6.10 Å². The standard InChI is InChI=1S/C11H12ClN3O/c1-15-10(4-5-14-15)11(16)8-3-2-7(12)6-9(8)13/h2-6,11,16H,13H2,1H3. The van der Waals surface area contributed by atoms with E-state index in [4.69, 9.17) is 17.3 Å². The highest BCUT2D eigenvalue weighted by Gasteiger charge is 2.16. The van der Waals surface area contributed by atoms with Crippen LogP contribution < -0.4 is 5.73 Å². The van der Waals surface area contributed by atoms with Gasteiger partial charge in [0, 0.05) is 29.5 Å². The van der Waals surface area contributed by atoms with Crippen LogP contribution in [0.4, 0.5) is 5.69 Å². The summed E-state index contributed by atoms with van der Waals surface area (Å²) in [5.41, 5.74) is 7.60. The molecule has 0 saturated carbocycles. The number of hydrogen-bond donors (Lipinski definition) is 2. The highest BCUT2D eigenvalue weighted by Crippen LogP contribution is 2.28. The minimum Gasteiger partial charge on any atom is -0.398 e. The van der Waals surface area contributed by atoms with Gasteiger partial charge in [0.2, 0.25) is 0 Å². The van der Waals surface area contributed by atoms with Crippen molar-refractivity contribution in [1.29, 1.82) is 0 Å². The lowest BCUT2D eigenvalue weighted by Gasteiger charge is -2.13. The van der Waals surface area contributed by atoms with Crippen LogP contribution in [0.1, 0.15) is 17.4 Å². The molecule has 1 atom stereocenters. The Labute approximate surface area is 98.3 Å². The van der Waals surface area contributed by atoms with Crippen LogP contribution in [0.15, 0.2) is 30.5 Å². The van der Waals surface area contributed by atoms with E-state index in [9.17, 15) is 5.11 Å². The van der Waals surface area contributed by atoms with E-state index < -0.39 is 6.10 Å². The average Bonchev–Trinajstić information content (AvgIpc) is 2.63. The molecule has 0 saturated heterocycles. The van der Waals surface area contributed by atoms with E-state index in [1.165, 1.54) is 0 Å². The fraction of sp³-hybridized carbons (Fsp3) is 0.182. The summed E-state index contributed by atoms with van der Waals surface area (Å²) in [4.78, 5) is 0. The summed E-state index contributed by atoms with van der Waals surface area (Å²) in [5.74, 6) is 0. The van der Waals surface area contributed by atoms with Gasteiger partial charge >= 0.3 is 0 Å². The maximum Gasteiger partial charge on any atom is 0.123 e. The fourth-order valence-electron chi connectivity index (χ4n) is 1.61. The Morgan fingerprint density at radius 2 is 2.19 bits per heavy atom. The topological polar surface area (TPSA) is 64.1 Å². The van der Waals surface area contributed by atoms with Crippen LogP contribution >= 0.6 is 11.6 Å². The highest BCUT2D eigenvalue weighted by atomic mass is 35.5. The van der Waals surface area contributed by atoms with Gasteiger partial charge < -0.3 is 10.8 Å². The Bertz CT molecular complexity index is 510. The summed E-state index contributed by atoms with van der Waals surface area (Å²) in [7, 11) is 1.77. The number of hydrogen-bond acceptors (Lipinski definition) is 3. The maximum absolute atomic E-state index is 10.1. The van der Waals surface area contributed by atoms with Gasteiger partial charge in [-0.2, -0.15) is 5.10 Å². The van der Waals surface area contributed by atoms with Crippen molar-refractivity contribution in [3.05, 3.63) is 46.7 Å². The zero-order valence-corrected chi connectivity index (χ0v) is 9.52. The van der Waals surface area contributed by atoms with E-state index in [-0.39, 0.29) is 0 Å². The summed E-state index contributed by atoms with van der Waals surface area (Å²) < 4.78 is 1.61. The molecule has 0 amide bonds. The molecule has 0 bridgehead atoms. The normalized spacial score (nSPS) is 12.7. The van der Waals surface area contributed by atoms with Crippen LogP contribution in [-0.2, 0) is 7.05 Å². The lowest BCUT2D eigenvalue weighted by atomic mass is 10.0. The number of nitrogen functional groups attached to an aromatic ring is 1. The number of aryl methyl sites for hydroxylation is 1. The van der Waals surface area contributed by atoms with E-state index in [2.05, 4.69) is 5.10 Å². The number of nitrogens with zero attached hydrogens (tertiary/aromatic N) is 2. The van der Waals surface area contributed by atoms with Crippen molar-refractivity contribution in [3.8, 4) is 0 Å². The van der Waals surface area contributed by atoms with Gasteiger partial charge in [0.05, 0.1) is 5.69 Å². The van der Waals surface area contributed by atoms with Crippen LogP contribution in [-0.4, -0.2) is 14.9 Å². The molecular weight excluding hydrogens is 226 g/mol. The molecule has 0 fully saturated rings. The minimum absolute atomic E-state index is 0.473. The first-order valence-corrected chi connectivity index (χ1v) is 5.18. The van der Waals surface area contributed by atoms with Crippen LogP contribution in [0.25, 0.3) is 0 Å². The number of halogens is 1. The number of nitrogens with two attached hydrogens (primary N) is 1. The van der Waals surface area contributed by atoms with Crippen molar-refractivity contribution in [2.24, 2.45) is 7.05 Å². The van der Waals surface area contributed by atoms with E-state index >= 15 is 0 Å². The van der Waals surface area contributed by atoms with E-state index in [1.54, 1.807) is 42.2 Å². The van der Waals surface area contributed by atoms with Crippen LogP contribution in [0.3, 0.4) is 0 Å². The zero-order chi connectivity index (χ0) is 11.7. The predicted octanol–water partition coefficient (Wildman–Crippen LogP) is 1.74. The number of aliphatic hydroxyl groups is 1. The molecule has 1 aromatic carbocycles. The Hall–Kier alpha value is -1.52. The summed E-state index contributed by atoms with van der Waals surface area (Å²) in [6.07, 6.45) is 0.842. The Morgan fingerprint density at radius 1 is 1.44 bits per heavy atom. The molecule has 0 spiro atoms. The summed E-state index contributed by atoms with van der Waals surface area (Å²) in [6, 6.07) is 6.79. The van der Waals surface area contributed by atoms with Gasteiger partial charge in [0.15, 0.2) is 0 Å². The van der Waals surface area contributed by atoms with Crippen LogP contribution in [0, 0.1) is 0 Å². The molecule has 2 rings (SSSR count). The predicted molar refractivity (Wildman–Crippen MR) is 63.1 cm³/mol. The van der Waals surface area contributed by atoms with Gasteiger partial charge in [-0.05, 0) is 18.2 Å². The van der Waals surface area contributed by atoms with Gasteiger partial charge in [-0.25, -0.2) is 0 Å². The molecule has 0 radical (unpaired) electrons. The highest BCUT2D eigenvalue weighted by molar-refractivity contribution is 6.30. The van der Waals surface area contributed by atoms with E-state index in [0.29, 0.717) is 22.0 Å². The molecule has 16 heavy (non-hydrogen) atoms. The number of benzene rings is 1. The fourth-order valence-corrected chi connectivity index (χ4v) is 1.79. The average molecular weight is 238 g/mol. The smallest absolute Gasteiger partial charge is 0.123 e. The third-order valence-corrected chi connectivity index (χ3v) is 2.72. The summed E-state index contributed by atoms with van der Waals surface area (Å²) in [6.45, 7) is 0. The van der Waals surface area contributed by atoms with Crippen LogP contribution in [0.5, 0.6) is 0 Å². The SMILES string of the molecule is Cn1nccc1C(O)c1ccc(Cl)cc1N. The molecule has 1 aromatic heterocycles. The minimum atomic E-state index is -0.787. The number of aromatic nitrogens is 2. The third-order valence-electron chi connectivity index (χ3n) is 2.48. The van der Waals surface area contributed by atoms with Gasteiger partial charge in [-0.3, -0.25) is 4.68 Å². The Kier molecular flexibility index (Phi) is 2.85. The maximum atomic E-state index is 10.1. The van der Waals surface area contributed by atoms with Crippen molar-refractivity contribution < 1.29 is 5.11 Å². The molecule has 4 nitrogen and oxygen atoms in total. The zero-order valence-electron chi connectivity index (χ0n) is 8.76. The summed E-state index contributed by atoms with van der Waals surface area (Å²) >= 11 is 5.80. The monoisotopic (exact) mass is 237 g/mol. The first-order valence-electron chi connectivity index (χ1n) is 4.80. The van der Waals surface area contributed by atoms with Gasteiger partial charge in [-0.15, -0.1) is 0 Å². The number of aliphatic hydroxyl groups excluding tert-OH is 1. The number of anilines is 1. The van der Waals surface area contributed by atoms with Crippen molar-refractivity contribution in [2.75, 3.05) is 5.73 Å². The van der Waals surface area contributed by atoms with Gasteiger partial charge in [0.25, 0.3) is 0 Å². The Balaban J connectivity index is 2.41. The van der Waals surface area contributed by atoms with E-state index in [1.807, 2.05) is 0 Å². The lowest BCUT2D eigenvalue weighted by molar-refractivity contribution is 0.210. The molecule has 1 heterocycles. The lowest BCUT2D eigenvalue weighted by Crippen LogP contribution is -2.08. The van der Waals surface area contributed by atoms with Gasteiger partial charge in [-0.1, -0.05) is 17.7 Å². The number of rotatable bonds is 2. The molecule has 2 aromatic rings. The third kappa shape index (κ3) is 1.89. The summed E-state index contributed by atoms with van der Waals surface area (Å²) in [5, 5.41) is 14.7. The molecule has 84 valence electrons. The molecule has 0 aliphatic heterocycles. The second-order valence-electron chi connectivity index (χ2n) is 3.56. The van der Waals surface area contributed by atoms with Crippen molar-refractivity contribution in [1.82, 2.24) is 9.78 Å². The van der Waals surface area contributed by atoms with Crippen molar-refractivity contribution >= 4 is 17.3 Å². The molecule has 0 aliphatic carbocycles. The van der Waals surface area contributed by atoms with Gasteiger partial charge in [0.1, 0.15) is 6.10 Å². The van der Waals surface area contributed by atoms with Crippen molar-refractivity contribution in [3.63, 3.8) is 0 Å². The Morgan fingerprint density at radius 3 is 2.75 bits per heavy atom. The first-order chi connectivity index (χ1) is 7.59. The van der Waals surface area contributed by atoms with E-state index in [0.717, 1.165) is 0 Å². The quantitative estimate of drug-likeness (QED) is 0.782. The van der Waals surface area contributed by atoms with Crippen LogP contribution in [0.2, 0.25) is 5.02 Å². The first kappa shape index (κ1) is 11.0. The largest absolute Gasteiger partial charge is 0.398 e.